The number of carboxylic acids is 1. The van der Waals surface area contributed by atoms with Crippen molar-refractivity contribution in [3.05, 3.63) is 15.8 Å². The van der Waals surface area contributed by atoms with Crippen LogP contribution in [0.15, 0.2) is 0 Å². The van der Waals surface area contributed by atoms with Crippen LogP contribution in [-0.2, 0) is 16.6 Å². The van der Waals surface area contributed by atoms with E-state index >= 15 is 0 Å². The highest BCUT2D eigenvalue weighted by molar-refractivity contribution is 5.73. The molecule has 0 aromatic carbocycles. The highest BCUT2D eigenvalue weighted by Crippen LogP contribution is 2.34. The number of aliphatic carboxylic acids is 1. The molecule has 0 saturated carbocycles. The third kappa shape index (κ3) is 2.82. The summed E-state index contributed by atoms with van der Waals surface area (Å²) in [6, 6.07) is -0.517. The fraction of sp³-hybridized carbons (Fsp3) is 0.667. The number of anilines is 1. The summed E-state index contributed by atoms with van der Waals surface area (Å²) >= 11 is 0. The van der Waals surface area contributed by atoms with E-state index in [4.69, 9.17) is 9.84 Å². The first-order valence-corrected chi connectivity index (χ1v) is 6.61. The van der Waals surface area contributed by atoms with Crippen molar-refractivity contribution in [2.24, 2.45) is 13.0 Å². The van der Waals surface area contributed by atoms with Crippen molar-refractivity contribution in [2.45, 2.75) is 25.8 Å². The molecule has 1 aliphatic heterocycles. The van der Waals surface area contributed by atoms with Crippen molar-refractivity contribution in [3.8, 4) is 0 Å². The number of carbonyl (C=O) groups is 1. The van der Waals surface area contributed by atoms with Crippen molar-refractivity contribution >= 4 is 17.5 Å². The molecule has 1 fully saturated rings. The molecule has 0 bridgehead atoms. The van der Waals surface area contributed by atoms with Gasteiger partial charge in [-0.25, -0.2) is 4.68 Å². The molecule has 0 aliphatic carbocycles. The van der Waals surface area contributed by atoms with Crippen molar-refractivity contribution in [3.63, 3.8) is 0 Å². The van der Waals surface area contributed by atoms with E-state index in [2.05, 4.69) is 10.4 Å². The molecule has 116 valence electrons. The van der Waals surface area contributed by atoms with Crippen LogP contribution in [0.1, 0.15) is 25.5 Å². The Bertz CT molecular complexity index is 568. The lowest BCUT2D eigenvalue weighted by atomic mass is 10.0. The maximum Gasteiger partial charge on any atom is 0.334 e. The Morgan fingerprint density at radius 3 is 2.76 bits per heavy atom. The molecule has 21 heavy (non-hydrogen) atoms. The second-order valence-corrected chi connectivity index (χ2v) is 5.35. The average molecular weight is 298 g/mol. The van der Waals surface area contributed by atoms with Crippen LogP contribution >= 0.6 is 0 Å². The summed E-state index contributed by atoms with van der Waals surface area (Å²) in [6.07, 6.45) is 0. The summed E-state index contributed by atoms with van der Waals surface area (Å²) in [5, 5.41) is 27.5. The molecule has 9 nitrogen and oxygen atoms in total. The fourth-order valence-corrected chi connectivity index (χ4v) is 2.38. The van der Waals surface area contributed by atoms with Gasteiger partial charge >= 0.3 is 11.7 Å². The van der Waals surface area contributed by atoms with Crippen LogP contribution in [-0.4, -0.2) is 45.0 Å². The first-order valence-electron chi connectivity index (χ1n) is 6.61. The summed E-state index contributed by atoms with van der Waals surface area (Å²) in [4.78, 5) is 22.0. The van der Waals surface area contributed by atoms with E-state index in [1.807, 2.05) is 13.8 Å². The Labute approximate surface area is 121 Å². The van der Waals surface area contributed by atoms with E-state index in [1.165, 1.54) is 4.68 Å². The molecule has 2 N–H and O–H groups in total. The number of carboxylic acid groups (broad SMARTS) is 1. The van der Waals surface area contributed by atoms with Crippen LogP contribution < -0.4 is 5.32 Å². The minimum atomic E-state index is -0.987. The molecule has 2 rings (SSSR count). The van der Waals surface area contributed by atoms with E-state index in [9.17, 15) is 14.9 Å². The number of nitrogens with one attached hydrogen (secondary N) is 1. The molecule has 2 atom stereocenters. The standard InChI is InChI=1S/C12H18N4O5/c1-6(2)9-10(16(19)20)11(15(3)14-9)13-8-5-21-4-7(8)12(17)18/h6-8,13H,4-5H2,1-3H3,(H,17,18). The largest absolute Gasteiger partial charge is 0.481 e. The van der Waals surface area contributed by atoms with Gasteiger partial charge in [0.25, 0.3) is 0 Å². The smallest absolute Gasteiger partial charge is 0.334 e. The minimum absolute atomic E-state index is 0.0929. The van der Waals surface area contributed by atoms with Gasteiger partial charge in [-0.3, -0.25) is 14.9 Å². The predicted octanol–water partition coefficient (Wildman–Crippen LogP) is 0.963. The monoisotopic (exact) mass is 298 g/mol. The molecule has 0 amide bonds. The van der Waals surface area contributed by atoms with E-state index < -0.39 is 22.9 Å². The number of nitro groups is 1. The van der Waals surface area contributed by atoms with Crippen molar-refractivity contribution in [2.75, 3.05) is 18.5 Å². The molecular formula is C12H18N4O5. The van der Waals surface area contributed by atoms with Gasteiger partial charge < -0.3 is 15.2 Å². The van der Waals surface area contributed by atoms with Crippen LogP contribution in [0.5, 0.6) is 0 Å². The third-order valence-electron chi connectivity index (χ3n) is 3.50. The second-order valence-electron chi connectivity index (χ2n) is 5.35. The zero-order valence-corrected chi connectivity index (χ0v) is 12.1. The first-order chi connectivity index (χ1) is 9.82. The van der Waals surface area contributed by atoms with Crippen molar-refractivity contribution in [1.82, 2.24) is 9.78 Å². The molecule has 2 unspecified atom stereocenters. The number of rotatable bonds is 5. The molecule has 1 saturated heterocycles. The molecule has 2 heterocycles. The Morgan fingerprint density at radius 2 is 2.24 bits per heavy atom. The molecule has 1 aliphatic rings. The average Bonchev–Trinajstić information content (AvgIpc) is 2.95. The number of aryl methyl sites for hydroxylation is 1. The quantitative estimate of drug-likeness (QED) is 0.613. The van der Waals surface area contributed by atoms with Gasteiger partial charge in [-0.05, 0) is 0 Å². The number of aromatic nitrogens is 2. The van der Waals surface area contributed by atoms with Crippen molar-refractivity contribution in [1.29, 1.82) is 0 Å². The Balaban J connectivity index is 2.35. The number of nitrogens with zero attached hydrogens (tertiary/aromatic N) is 3. The van der Waals surface area contributed by atoms with Crippen LogP contribution in [0.2, 0.25) is 0 Å². The van der Waals surface area contributed by atoms with Crippen LogP contribution in [0, 0.1) is 16.0 Å². The summed E-state index contributed by atoms with van der Waals surface area (Å²) in [5.74, 6) is -1.62. The maximum absolute atomic E-state index is 11.3. The van der Waals surface area contributed by atoms with Gasteiger partial charge in [-0.15, -0.1) is 0 Å². The van der Waals surface area contributed by atoms with Gasteiger partial charge in [0, 0.05) is 13.0 Å². The van der Waals surface area contributed by atoms with Gasteiger partial charge in [0.15, 0.2) is 0 Å². The summed E-state index contributed by atoms with van der Waals surface area (Å²) in [7, 11) is 1.59. The Kier molecular flexibility index (Phi) is 4.12. The van der Waals surface area contributed by atoms with E-state index in [1.54, 1.807) is 7.05 Å². The molecule has 9 heteroatoms. The lowest BCUT2D eigenvalue weighted by Crippen LogP contribution is -2.34. The van der Waals surface area contributed by atoms with Gasteiger partial charge in [0.2, 0.25) is 5.82 Å². The van der Waals surface area contributed by atoms with E-state index in [-0.39, 0.29) is 30.6 Å². The highest BCUT2D eigenvalue weighted by Gasteiger charge is 2.37. The van der Waals surface area contributed by atoms with E-state index in [0.29, 0.717) is 5.69 Å². The maximum atomic E-state index is 11.3. The summed E-state index contributed by atoms with van der Waals surface area (Å²) in [5.41, 5.74) is 0.263. The number of ether oxygens (including phenoxy) is 1. The molecule has 1 aromatic heterocycles. The van der Waals surface area contributed by atoms with Gasteiger partial charge in [-0.1, -0.05) is 13.8 Å². The minimum Gasteiger partial charge on any atom is -0.481 e. The normalized spacial score (nSPS) is 21.7. The summed E-state index contributed by atoms with van der Waals surface area (Å²) in [6.45, 7) is 3.92. The number of hydrogen-bond acceptors (Lipinski definition) is 6. The summed E-state index contributed by atoms with van der Waals surface area (Å²) < 4.78 is 6.53. The van der Waals surface area contributed by atoms with E-state index in [0.717, 1.165) is 0 Å². The van der Waals surface area contributed by atoms with Gasteiger partial charge in [0.1, 0.15) is 11.6 Å². The van der Waals surface area contributed by atoms with Crippen LogP contribution in [0.25, 0.3) is 0 Å². The second kappa shape index (κ2) is 5.68. The lowest BCUT2D eigenvalue weighted by Gasteiger charge is -2.16. The van der Waals surface area contributed by atoms with Gasteiger partial charge in [0.05, 0.1) is 24.2 Å². The predicted molar refractivity (Wildman–Crippen MR) is 73.3 cm³/mol. The number of hydrogen-bond donors (Lipinski definition) is 2. The van der Waals surface area contributed by atoms with Crippen molar-refractivity contribution < 1.29 is 19.6 Å². The fourth-order valence-electron chi connectivity index (χ4n) is 2.38. The Morgan fingerprint density at radius 1 is 1.57 bits per heavy atom. The molecule has 0 spiro atoms. The molecular weight excluding hydrogens is 280 g/mol. The van der Waals surface area contributed by atoms with Crippen LogP contribution in [0.3, 0.4) is 0 Å². The lowest BCUT2D eigenvalue weighted by molar-refractivity contribution is -0.384. The van der Waals surface area contributed by atoms with Crippen LogP contribution in [0.4, 0.5) is 11.5 Å². The molecule has 0 radical (unpaired) electrons. The topological polar surface area (TPSA) is 120 Å². The van der Waals surface area contributed by atoms with Gasteiger partial charge in [-0.2, -0.15) is 5.10 Å². The highest BCUT2D eigenvalue weighted by atomic mass is 16.6. The zero-order valence-electron chi connectivity index (χ0n) is 12.1. The SMILES string of the molecule is CC(C)c1nn(C)c(NC2COCC2C(=O)O)c1[N+](=O)[O-]. The Hall–Kier alpha value is -2.16. The third-order valence-corrected chi connectivity index (χ3v) is 3.50. The first kappa shape index (κ1) is 15.2. The molecule has 1 aromatic rings. The zero-order chi connectivity index (χ0) is 15.7.